The summed E-state index contributed by atoms with van der Waals surface area (Å²) in [5.41, 5.74) is 2.40. The molecule has 1 unspecified atom stereocenters. The minimum atomic E-state index is 0.252. The lowest BCUT2D eigenvalue weighted by atomic mass is 9.89. The van der Waals surface area contributed by atoms with E-state index in [2.05, 4.69) is 13.8 Å². The number of ketones is 1. The van der Waals surface area contributed by atoms with E-state index < -0.39 is 0 Å². The third-order valence-corrected chi connectivity index (χ3v) is 3.13. The van der Waals surface area contributed by atoms with E-state index in [1.54, 1.807) is 0 Å². The van der Waals surface area contributed by atoms with Gasteiger partial charge in [0.25, 0.3) is 0 Å². The van der Waals surface area contributed by atoms with Gasteiger partial charge in [0.2, 0.25) is 0 Å². The Morgan fingerprint density at radius 2 is 2.07 bits per heavy atom. The van der Waals surface area contributed by atoms with Gasteiger partial charge in [0.1, 0.15) is 0 Å². The number of allylic oxidation sites excluding steroid dienone is 4. The third-order valence-electron chi connectivity index (χ3n) is 3.13. The van der Waals surface area contributed by atoms with E-state index in [1.165, 1.54) is 18.4 Å². The number of rotatable bonds is 5. The molecule has 84 valence electrons. The zero-order chi connectivity index (χ0) is 11.3. The van der Waals surface area contributed by atoms with Gasteiger partial charge < -0.3 is 0 Å². The van der Waals surface area contributed by atoms with Crippen molar-refractivity contribution >= 4 is 5.78 Å². The molecule has 0 aromatic rings. The van der Waals surface area contributed by atoms with Crippen LogP contribution in [0.25, 0.3) is 0 Å². The molecule has 0 N–H and O–H groups in total. The van der Waals surface area contributed by atoms with Crippen molar-refractivity contribution in [3.8, 4) is 0 Å². The quantitative estimate of drug-likeness (QED) is 0.620. The van der Waals surface area contributed by atoms with Crippen molar-refractivity contribution in [1.82, 2.24) is 0 Å². The predicted molar refractivity (Wildman–Crippen MR) is 64.8 cm³/mol. The van der Waals surface area contributed by atoms with Crippen LogP contribution in [0.1, 0.15) is 52.9 Å². The van der Waals surface area contributed by atoms with Gasteiger partial charge in [-0.1, -0.05) is 38.3 Å². The maximum Gasteiger partial charge on any atom is 0.182 e. The first-order valence-electron chi connectivity index (χ1n) is 6.15. The van der Waals surface area contributed by atoms with E-state index in [9.17, 15) is 4.79 Å². The lowest BCUT2D eigenvalue weighted by molar-refractivity contribution is -0.111. The second kappa shape index (κ2) is 5.89. The molecule has 0 saturated carbocycles. The highest BCUT2D eigenvalue weighted by atomic mass is 16.1. The number of hydrogen-bond acceptors (Lipinski definition) is 1. The zero-order valence-electron chi connectivity index (χ0n) is 10.2. The average Bonchev–Trinajstić information content (AvgIpc) is 2.52. The van der Waals surface area contributed by atoms with Crippen LogP contribution in [-0.2, 0) is 4.79 Å². The second-order valence-electron chi connectivity index (χ2n) is 4.27. The zero-order valence-corrected chi connectivity index (χ0v) is 10.2. The van der Waals surface area contributed by atoms with Gasteiger partial charge in [-0.2, -0.15) is 0 Å². The lowest BCUT2D eigenvalue weighted by Crippen LogP contribution is -2.05. The summed E-state index contributed by atoms with van der Waals surface area (Å²) in [6, 6.07) is 0. The Kier molecular flexibility index (Phi) is 4.80. The molecule has 1 atom stereocenters. The van der Waals surface area contributed by atoms with E-state index >= 15 is 0 Å². The Bertz CT molecular complexity index is 284. The molecule has 1 aliphatic rings. The molecule has 0 spiro atoms. The van der Waals surface area contributed by atoms with Gasteiger partial charge in [-0.15, -0.1) is 0 Å². The molecule has 1 heteroatoms. The molecule has 0 saturated heterocycles. The van der Waals surface area contributed by atoms with E-state index in [0.29, 0.717) is 5.92 Å². The summed E-state index contributed by atoms with van der Waals surface area (Å²) in [6.07, 6.45) is 9.67. The molecule has 15 heavy (non-hydrogen) atoms. The highest BCUT2D eigenvalue weighted by Gasteiger charge is 2.28. The summed E-state index contributed by atoms with van der Waals surface area (Å²) in [4.78, 5) is 11.7. The van der Waals surface area contributed by atoms with Crippen LogP contribution in [0.15, 0.2) is 23.3 Å². The van der Waals surface area contributed by atoms with Gasteiger partial charge in [0.15, 0.2) is 5.78 Å². The molecule has 0 heterocycles. The van der Waals surface area contributed by atoms with Crippen LogP contribution in [0.3, 0.4) is 0 Å². The standard InChI is InChI=1S/C14H22O/c1-4-7-9-11-10-14(15)12(6-3)13(11)8-5-2/h6,10,13H,4-5,7-9H2,1-3H3/b12-6-. The van der Waals surface area contributed by atoms with Crippen molar-refractivity contribution < 1.29 is 4.79 Å². The minimum Gasteiger partial charge on any atom is -0.290 e. The Labute approximate surface area is 93.3 Å². The van der Waals surface area contributed by atoms with Crippen molar-refractivity contribution in [1.29, 1.82) is 0 Å². The van der Waals surface area contributed by atoms with E-state index in [-0.39, 0.29) is 5.78 Å². The molecule has 0 bridgehead atoms. The second-order valence-corrected chi connectivity index (χ2v) is 4.27. The minimum absolute atomic E-state index is 0.252. The van der Waals surface area contributed by atoms with E-state index in [1.807, 2.05) is 19.1 Å². The predicted octanol–water partition coefficient (Wildman–Crippen LogP) is 4.05. The molecule has 1 aliphatic carbocycles. The average molecular weight is 206 g/mol. The number of unbranched alkanes of at least 4 members (excludes halogenated alkanes) is 1. The number of hydrogen-bond donors (Lipinski definition) is 0. The molecule has 0 radical (unpaired) electrons. The summed E-state index contributed by atoms with van der Waals surface area (Å²) >= 11 is 0. The topological polar surface area (TPSA) is 17.1 Å². The van der Waals surface area contributed by atoms with Gasteiger partial charge in [-0.3, -0.25) is 4.79 Å². The molecule has 0 aliphatic heterocycles. The number of carbonyl (C=O) groups excluding carboxylic acids is 1. The highest BCUT2D eigenvalue weighted by molar-refractivity contribution is 6.08. The third kappa shape index (κ3) is 2.80. The van der Waals surface area contributed by atoms with E-state index in [4.69, 9.17) is 0 Å². The lowest BCUT2D eigenvalue weighted by Gasteiger charge is -2.14. The monoisotopic (exact) mass is 206 g/mol. The van der Waals surface area contributed by atoms with Crippen molar-refractivity contribution in [2.45, 2.75) is 52.9 Å². The first-order chi connectivity index (χ1) is 7.24. The summed E-state index contributed by atoms with van der Waals surface area (Å²) < 4.78 is 0. The maximum atomic E-state index is 11.7. The van der Waals surface area contributed by atoms with Crippen LogP contribution < -0.4 is 0 Å². The normalized spacial score (nSPS) is 23.7. The first kappa shape index (κ1) is 12.2. The Balaban J connectivity index is 2.76. The first-order valence-corrected chi connectivity index (χ1v) is 6.15. The van der Waals surface area contributed by atoms with Crippen LogP contribution in [0.5, 0.6) is 0 Å². The molecule has 1 nitrogen and oxygen atoms in total. The summed E-state index contributed by atoms with van der Waals surface area (Å²) in [5.74, 6) is 0.682. The molecular formula is C14H22O. The van der Waals surface area contributed by atoms with Gasteiger partial charge >= 0.3 is 0 Å². The Morgan fingerprint density at radius 1 is 1.33 bits per heavy atom. The van der Waals surface area contributed by atoms with Crippen LogP contribution in [0, 0.1) is 5.92 Å². The summed E-state index contributed by atoms with van der Waals surface area (Å²) in [6.45, 7) is 6.36. The highest BCUT2D eigenvalue weighted by Crippen LogP contribution is 2.35. The molecular weight excluding hydrogens is 184 g/mol. The van der Waals surface area contributed by atoms with Crippen LogP contribution in [-0.4, -0.2) is 5.78 Å². The van der Waals surface area contributed by atoms with Gasteiger partial charge in [0, 0.05) is 11.5 Å². The van der Waals surface area contributed by atoms with Crippen LogP contribution >= 0.6 is 0 Å². The van der Waals surface area contributed by atoms with Crippen molar-refractivity contribution in [2.75, 3.05) is 0 Å². The molecule has 0 fully saturated rings. The van der Waals surface area contributed by atoms with Gasteiger partial charge in [0.05, 0.1) is 0 Å². The SMILES string of the molecule is C/C=C1\C(=O)C=C(CCCC)C1CCC. The summed E-state index contributed by atoms with van der Waals surface area (Å²) in [5, 5.41) is 0. The Morgan fingerprint density at radius 3 is 2.60 bits per heavy atom. The van der Waals surface area contributed by atoms with Crippen LogP contribution in [0.4, 0.5) is 0 Å². The van der Waals surface area contributed by atoms with Crippen molar-refractivity contribution in [3.63, 3.8) is 0 Å². The largest absolute Gasteiger partial charge is 0.290 e. The molecule has 0 aromatic carbocycles. The fraction of sp³-hybridized carbons (Fsp3) is 0.643. The van der Waals surface area contributed by atoms with Gasteiger partial charge in [-0.05, 0) is 32.3 Å². The van der Waals surface area contributed by atoms with E-state index in [0.717, 1.165) is 24.8 Å². The number of carbonyl (C=O) groups is 1. The van der Waals surface area contributed by atoms with Crippen LogP contribution in [0.2, 0.25) is 0 Å². The van der Waals surface area contributed by atoms with Gasteiger partial charge in [-0.25, -0.2) is 0 Å². The molecule has 1 rings (SSSR count). The van der Waals surface area contributed by atoms with Crippen molar-refractivity contribution in [3.05, 3.63) is 23.3 Å². The van der Waals surface area contributed by atoms with Crippen molar-refractivity contribution in [2.24, 2.45) is 5.92 Å². The fourth-order valence-corrected chi connectivity index (χ4v) is 2.32. The summed E-state index contributed by atoms with van der Waals surface area (Å²) in [7, 11) is 0. The maximum absolute atomic E-state index is 11.7. The Hall–Kier alpha value is -0.850. The molecule has 0 aromatic heterocycles. The fourth-order valence-electron chi connectivity index (χ4n) is 2.32. The molecule has 0 amide bonds. The smallest absolute Gasteiger partial charge is 0.182 e.